The Balaban J connectivity index is 2.00. The molecule has 0 aromatic heterocycles. The van der Waals surface area contributed by atoms with Gasteiger partial charge in [0.15, 0.2) is 0 Å². The summed E-state index contributed by atoms with van der Waals surface area (Å²) in [6.07, 6.45) is 0. The second-order valence-corrected chi connectivity index (χ2v) is 5.55. The van der Waals surface area contributed by atoms with Gasteiger partial charge in [0.1, 0.15) is 0 Å². The standard InChI is InChI=1S/C18H24N2/c1-14-5-6-15(2)17(11-14)13-20(4)12-16-7-9-18(19-3)10-8-16/h5-11,19H,12-13H2,1-4H3. The number of rotatable bonds is 5. The quantitative estimate of drug-likeness (QED) is 0.882. The summed E-state index contributed by atoms with van der Waals surface area (Å²) in [7, 11) is 4.12. The molecule has 20 heavy (non-hydrogen) atoms. The van der Waals surface area contributed by atoms with E-state index in [-0.39, 0.29) is 0 Å². The Bertz CT molecular complexity index is 558. The van der Waals surface area contributed by atoms with E-state index in [2.05, 4.69) is 73.6 Å². The first-order valence-corrected chi connectivity index (χ1v) is 7.10. The lowest BCUT2D eigenvalue weighted by atomic mass is 10.1. The fraction of sp³-hybridized carbons (Fsp3) is 0.333. The van der Waals surface area contributed by atoms with Crippen molar-refractivity contribution in [1.29, 1.82) is 0 Å². The average molecular weight is 268 g/mol. The molecule has 2 rings (SSSR count). The Labute approximate surface area is 122 Å². The van der Waals surface area contributed by atoms with Gasteiger partial charge in [-0.15, -0.1) is 0 Å². The molecule has 0 saturated carbocycles. The van der Waals surface area contributed by atoms with E-state index >= 15 is 0 Å². The van der Waals surface area contributed by atoms with Gasteiger partial charge in [-0.25, -0.2) is 0 Å². The van der Waals surface area contributed by atoms with Crippen molar-refractivity contribution in [3.8, 4) is 0 Å². The summed E-state index contributed by atoms with van der Waals surface area (Å²) in [5.74, 6) is 0. The number of nitrogens with zero attached hydrogens (tertiary/aromatic N) is 1. The van der Waals surface area contributed by atoms with Crippen molar-refractivity contribution < 1.29 is 0 Å². The van der Waals surface area contributed by atoms with E-state index in [0.717, 1.165) is 18.8 Å². The van der Waals surface area contributed by atoms with Crippen molar-refractivity contribution in [3.63, 3.8) is 0 Å². The van der Waals surface area contributed by atoms with E-state index < -0.39 is 0 Å². The molecule has 2 nitrogen and oxygen atoms in total. The minimum absolute atomic E-state index is 0.970. The van der Waals surface area contributed by atoms with Crippen LogP contribution in [0.2, 0.25) is 0 Å². The van der Waals surface area contributed by atoms with Crippen molar-refractivity contribution in [2.75, 3.05) is 19.4 Å². The molecule has 0 unspecified atom stereocenters. The van der Waals surface area contributed by atoms with Crippen LogP contribution in [0.25, 0.3) is 0 Å². The summed E-state index contributed by atoms with van der Waals surface area (Å²) in [6, 6.07) is 15.3. The molecule has 2 heteroatoms. The lowest BCUT2D eigenvalue weighted by Crippen LogP contribution is -2.17. The predicted octanol–water partition coefficient (Wildman–Crippen LogP) is 3.98. The van der Waals surface area contributed by atoms with Crippen LogP contribution < -0.4 is 5.32 Å². The first-order valence-electron chi connectivity index (χ1n) is 7.10. The summed E-state index contributed by atoms with van der Waals surface area (Å²) in [5, 5.41) is 3.15. The lowest BCUT2D eigenvalue weighted by molar-refractivity contribution is 0.318. The van der Waals surface area contributed by atoms with E-state index in [1.807, 2.05) is 7.05 Å². The molecule has 0 spiro atoms. The smallest absolute Gasteiger partial charge is 0.0337 e. The van der Waals surface area contributed by atoms with Crippen LogP contribution in [0.3, 0.4) is 0 Å². The monoisotopic (exact) mass is 268 g/mol. The minimum atomic E-state index is 0.970. The molecule has 0 heterocycles. The molecule has 0 atom stereocenters. The highest BCUT2D eigenvalue weighted by molar-refractivity contribution is 5.43. The van der Waals surface area contributed by atoms with Gasteiger partial charge in [0.25, 0.3) is 0 Å². The molecule has 0 fully saturated rings. The van der Waals surface area contributed by atoms with Crippen molar-refractivity contribution >= 4 is 5.69 Å². The second-order valence-electron chi connectivity index (χ2n) is 5.55. The Morgan fingerprint density at radius 3 is 2.30 bits per heavy atom. The maximum atomic E-state index is 3.15. The highest BCUT2D eigenvalue weighted by Crippen LogP contribution is 2.15. The van der Waals surface area contributed by atoms with Gasteiger partial charge >= 0.3 is 0 Å². The summed E-state index contributed by atoms with van der Waals surface area (Å²) < 4.78 is 0. The molecule has 0 aliphatic rings. The van der Waals surface area contributed by atoms with Gasteiger partial charge in [0, 0.05) is 25.8 Å². The summed E-state index contributed by atoms with van der Waals surface area (Å²) in [6.45, 7) is 6.29. The number of hydrogen-bond acceptors (Lipinski definition) is 2. The molecular formula is C18H24N2. The maximum Gasteiger partial charge on any atom is 0.0337 e. The van der Waals surface area contributed by atoms with Crippen molar-refractivity contribution in [2.45, 2.75) is 26.9 Å². The third-order valence-electron chi connectivity index (χ3n) is 3.64. The van der Waals surface area contributed by atoms with Crippen molar-refractivity contribution in [2.24, 2.45) is 0 Å². The summed E-state index contributed by atoms with van der Waals surface area (Å²) in [5.41, 5.74) is 6.62. The Morgan fingerprint density at radius 1 is 0.950 bits per heavy atom. The molecule has 0 aliphatic carbocycles. The van der Waals surface area contributed by atoms with Gasteiger partial charge in [-0.05, 0) is 49.7 Å². The summed E-state index contributed by atoms with van der Waals surface area (Å²) >= 11 is 0. The molecule has 0 radical (unpaired) electrons. The van der Waals surface area contributed by atoms with Gasteiger partial charge in [-0.1, -0.05) is 35.9 Å². The topological polar surface area (TPSA) is 15.3 Å². The van der Waals surface area contributed by atoms with Crippen LogP contribution in [0.4, 0.5) is 5.69 Å². The van der Waals surface area contributed by atoms with Gasteiger partial charge in [0.05, 0.1) is 0 Å². The molecule has 106 valence electrons. The summed E-state index contributed by atoms with van der Waals surface area (Å²) in [4.78, 5) is 2.36. The molecule has 0 amide bonds. The van der Waals surface area contributed by atoms with E-state index in [1.54, 1.807) is 0 Å². The molecule has 2 aromatic rings. The van der Waals surface area contributed by atoms with E-state index in [4.69, 9.17) is 0 Å². The molecule has 2 aromatic carbocycles. The van der Waals surface area contributed by atoms with Gasteiger partial charge in [0.2, 0.25) is 0 Å². The van der Waals surface area contributed by atoms with Crippen LogP contribution in [-0.2, 0) is 13.1 Å². The van der Waals surface area contributed by atoms with Gasteiger partial charge < -0.3 is 5.32 Å². The zero-order valence-electron chi connectivity index (χ0n) is 12.9. The molecule has 0 saturated heterocycles. The Kier molecular flexibility index (Phi) is 4.80. The van der Waals surface area contributed by atoms with E-state index in [1.165, 1.54) is 22.3 Å². The van der Waals surface area contributed by atoms with E-state index in [0.29, 0.717) is 0 Å². The zero-order chi connectivity index (χ0) is 14.5. The fourth-order valence-electron chi connectivity index (χ4n) is 2.41. The molecule has 0 bridgehead atoms. The first-order chi connectivity index (χ1) is 9.58. The number of aryl methyl sites for hydroxylation is 2. The minimum Gasteiger partial charge on any atom is -0.388 e. The third-order valence-corrected chi connectivity index (χ3v) is 3.64. The molecular weight excluding hydrogens is 244 g/mol. The lowest BCUT2D eigenvalue weighted by Gasteiger charge is -2.19. The Morgan fingerprint density at radius 2 is 1.65 bits per heavy atom. The fourth-order valence-corrected chi connectivity index (χ4v) is 2.41. The normalized spacial score (nSPS) is 10.8. The van der Waals surface area contributed by atoms with Crippen molar-refractivity contribution in [3.05, 3.63) is 64.7 Å². The predicted molar refractivity (Wildman–Crippen MR) is 87.1 cm³/mol. The maximum absolute atomic E-state index is 3.15. The largest absolute Gasteiger partial charge is 0.388 e. The van der Waals surface area contributed by atoms with Crippen LogP contribution >= 0.6 is 0 Å². The van der Waals surface area contributed by atoms with Crippen LogP contribution in [-0.4, -0.2) is 19.0 Å². The molecule has 1 N–H and O–H groups in total. The van der Waals surface area contributed by atoms with Crippen LogP contribution in [0.15, 0.2) is 42.5 Å². The number of benzene rings is 2. The van der Waals surface area contributed by atoms with Gasteiger partial charge in [-0.2, -0.15) is 0 Å². The average Bonchev–Trinajstić information content (AvgIpc) is 2.43. The van der Waals surface area contributed by atoms with Crippen LogP contribution in [0, 0.1) is 13.8 Å². The zero-order valence-corrected chi connectivity index (χ0v) is 12.9. The highest BCUT2D eigenvalue weighted by Gasteiger charge is 2.05. The number of nitrogens with one attached hydrogen (secondary N) is 1. The highest BCUT2D eigenvalue weighted by atomic mass is 15.1. The molecule has 0 aliphatic heterocycles. The number of anilines is 1. The third kappa shape index (κ3) is 3.84. The van der Waals surface area contributed by atoms with Gasteiger partial charge in [-0.3, -0.25) is 4.90 Å². The first kappa shape index (κ1) is 14.6. The SMILES string of the molecule is CNc1ccc(CN(C)Cc2cc(C)ccc2C)cc1. The van der Waals surface area contributed by atoms with Crippen LogP contribution in [0.5, 0.6) is 0 Å². The van der Waals surface area contributed by atoms with Crippen LogP contribution in [0.1, 0.15) is 22.3 Å². The van der Waals surface area contributed by atoms with Crippen molar-refractivity contribution in [1.82, 2.24) is 4.90 Å². The number of hydrogen-bond donors (Lipinski definition) is 1. The Hall–Kier alpha value is -1.80. The van der Waals surface area contributed by atoms with E-state index in [9.17, 15) is 0 Å². The second kappa shape index (κ2) is 6.58.